The molecule has 1 aromatic carbocycles. The number of hydrogen-bond donors (Lipinski definition) is 3. The third-order valence-corrected chi connectivity index (χ3v) is 4.19. The molecule has 1 saturated heterocycles. The van der Waals surface area contributed by atoms with E-state index in [9.17, 15) is 9.59 Å². The Morgan fingerprint density at radius 2 is 2.14 bits per heavy atom. The summed E-state index contributed by atoms with van der Waals surface area (Å²) in [6.07, 6.45) is 0. The van der Waals surface area contributed by atoms with Crippen molar-refractivity contribution < 1.29 is 29.3 Å². The number of carboxylic acids is 2. The number of ether oxygens (including phenoxy) is 2. The molecule has 1 fully saturated rings. The maximum Gasteiger partial charge on any atom is 0.341 e. The average Bonchev–Trinajstić information content (AvgIpc) is 2.94. The fourth-order valence-electron chi connectivity index (χ4n) is 1.91. The molecule has 1 heterocycles. The molecule has 2 atom stereocenters. The van der Waals surface area contributed by atoms with Gasteiger partial charge in [-0.3, -0.25) is 10.1 Å². The first-order chi connectivity index (χ1) is 10.0. The van der Waals surface area contributed by atoms with E-state index >= 15 is 0 Å². The van der Waals surface area contributed by atoms with Crippen LogP contribution in [-0.2, 0) is 9.59 Å². The highest BCUT2D eigenvalue weighted by Crippen LogP contribution is 2.37. The van der Waals surface area contributed by atoms with Crippen molar-refractivity contribution in [3.8, 4) is 11.5 Å². The Morgan fingerprint density at radius 3 is 2.71 bits per heavy atom. The number of hydrogen-bond acceptors (Lipinski definition) is 6. The lowest BCUT2D eigenvalue weighted by molar-refractivity contribution is -0.140. The van der Waals surface area contributed by atoms with Gasteiger partial charge in [0.1, 0.15) is 6.04 Å². The Bertz CT molecular complexity index is 549. The third kappa shape index (κ3) is 3.79. The van der Waals surface area contributed by atoms with Crippen molar-refractivity contribution in [1.29, 1.82) is 0 Å². The van der Waals surface area contributed by atoms with Gasteiger partial charge in [0.15, 0.2) is 18.1 Å². The Hall–Kier alpha value is -1.93. The van der Waals surface area contributed by atoms with Crippen molar-refractivity contribution in [3.05, 3.63) is 23.8 Å². The van der Waals surface area contributed by atoms with Crippen LogP contribution in [0.4, 0.5) is 0 Å². The van der Waals surface area contributed by atoms with Gasteiger partial charge in [-0.05, 0) is 17.7 Å². The highest BCUT2D eigenvalue weighted by atomic mass is 32.2. The van der Waals surface area contributed by atoms with Gasteiger partial charge in [0, 0.05) is 5.75 Å². The fourth-order valence-corrected chi connectivity index (χ4v) is 3.14. The Morgan fingerprint density at radius 1 is 1.38 bits per heavy atom. The molecule has 1 aromatic rings. The van der Waals surface area contributed by atoms with Gasteiger partial charge in [-0.1, -0.05) is 6.07 Å². The minimum atomic E-state index is -1.07. The number of carbonyl (C=O) groups is 2. The van der Waals surface area contributed by atoms with Crippen LogP contribution in [0.25, 0.3) is 0 Å². The van der Waals surface area contributed by atoms with E-state index in [2.05, 4.69) is 5.32 Å². The summed E-state index contributed by atoms with van der Waals surface area (Å²) in [4.78, 5) is 21.4. The van der Waals surface area contributed by atoms with Crippen LogP contribution in [-0.4, -0.2) is 47.7 Å². The van der Waals surface area contributed by atoms with Gasteiger partial charge in [-0.25, -0.2) is 4.79 Å². The molecule has 0 unspecified atom stereocenters. The summed E-state index contributed by atoms with van der Waals surface area (Å²) in [7, 11) is 1.46. The summed E-state index contributed by atoms with van der Waals surface area (Å²) in [5.41, 5.74) is 0.850. The monoisotopic (exact) mass is 313 g/mol. The number of thioether (sulfide) groups is 1. The van der Waals surface area contributed by atoms with Crippen LogP contribution in [0.1, 0.15) is 10.9 Å². The van der Waals surface area contributed by atoms with Crippen LogP contribution in [0, 0.1) is 0 Å². The van der Waals surface area contributed by atoms with Crippen LogP contribution >= 0.6 is 11.8 Å². The normalized spacial score (nSPS) is 21.0. The zero-order valence-electron chi connectivity index (χ0n) is 11.2. The molecule has 21 heavy (non-hydrogen) atoms. The van der Waals surface area contributed by atoms with Crippen molar-refractivity contribution >= 4 is 23.7 Å². The molecule has 0 amide bonds. The SMILES string of the molecule is COc1cc([C@H]2N[C@@H](C(=O)O)CS2)ccc1OCC(=O)O. The summed E-state index contributed by atoms with van der Waals surface area (Å²) in [5.74, 6) is -0.715. The van der Waals surface area contributed by atoms with Gasteiger partial charge in [-0.2, -0.15) is 0 Å². The van der Waals surface area contributed by atoms with Gasteiger partial charge < -0.3 is 19.7 Å². The first-order valence-electron chi connectivity index (χ1n) is 6.14. The number of rotatable bonds is 6. The first-order valence-corrected chi connectivity index (χ1v) is 7.19. The number of aliphatic carboxylic acids is 2. The van der Waals surface area contributed by atoms with Crippen LogP contribution < -0.4 is 14.8 Å². The molecule has 2 rings (SSSR count). The Balaban J connectivity index is 2.12. The van der Waals surface area contributed by atoms with E-state index in [1.165, 1.54) is 18.9 Å². The number of nitrogens with one attached hydrogen (secondary N) is 1. The number of benzene rings is 1. The average molecular weight is 313 g/mol. The molecule has 1 aliphatic heterocycles. The van der Waals surface area contributed by atoms with Crippen molar-refractivity contribution in [2.24, 2.45) is 0 Å². The summed E-state index contributed by atoms with van der Waals surface area (Å²) in [6, 6.07) is 4.52. The van der Waals surface area contributed by atoms with Crippen LogP contribution in [0.5, 0.6) is 11.5 Å². The van der Waals surface area contributed by atoms with Gasteiger partial charge in [0.25, 0.3) is 0 Å². The minimum absolute atomic E-state index is 0.145. The fraction of sp³-hybridized carbons (Fsp3) is 0.385. The zero-order chi connectivity index (χ0) is 15.4. The number of methoxy groups -OCH3 is 1. The van der Waals surface area contributed by atoms with Crippen LogP contribution in [0.2, 0.25) is 0 Å². The number of carboxylic acid groups (broad SMARTS) is 2. The van der Waals surface area contributed by atoms with E-state index in [0.717, 1.165) is 5.56 Å². The predicted molar refractivity (Wildman–Crippen MR) is 75.9 cm³/mol. The molecule has 0 saturated carbocycles. The second kappa shape index (κ2) is 6.68. The highest BCUT2D eigenvalue weighted by Gasteiger charge is 2.30. The predicted octanol–water partition coefficient (Wildman–Crippen LogP) is 0.947. The van der Waals surface area contributed by atoms with Crippen molar-refractivity contribution in [2.45, 2.75) is 11.4 Å². The second-order valence-corrected chi connectivity index (χ2v) is 5.50. The molecule has 0 aliphatic carbocycles. The molecular formula is C13H15NO6S. The van der Waals surface area contributed by atoms with Gasteiger partial charge in [-0.15, -0.1) is 11.8 Å². The maximum atomic E-state index is 10.9. The quantitative estimate of drug-likeness (QED) is 0.713. The molecule has 0 radical (unpaired) electrons. The molecule has 8 heteroatoms. The van der Waals surface area contributed by atoms with E-state index in [-0.39, 0.29) is 5.37 Å². The van der Waals surface area contributed by atoms with E-state index in [1.54, 1.807) is 18.2 Å². The molecule has 0 bridgehead atoms. The molecule has 0 spiro atoms. The molecule has 1 aliphatic rings. The van der Waals surface area contributed by atoms with Gasteiger partial charge >= 0.3 is 11.9 Å². The van der Waals surface area contributed by atoms with E-state index < -0.39 is 24.6 Å². The molecule has 0 aromatic heterocycles. The summed E-state index contributed by atoms with van der Waals surface area (Å²) in [6.45, 7) is -0.451. The molecule has 114 valence electrons. The third-order valence-electron chi connectivity index (χ3n) is 2.92. The smallest absolute Gasteiger partial charge is 0.341 e. The van der Waals surface area contributed by atoms with Crippen LogP contribution in [0.3, 0.4) is 0 Å². The van der Waals surface area contributed by atoms with Gasteiger partial charge in [0.05, 0.1) is 12.5 Å². The summed E-state index contributed by atoms with van der Waals surface area (Å²) in [5, 5.41) is 20.4. The summed E-state index contributed by atoms with van der Waals surface area (Å²) >= 11 is 1.49. The maximum absolute atomic E-state index is 10.9. The highest BCUT2D eigenvalue weighted by molar-refractivity contribution is 7.99. The van der Waals surface area contributed by atoms with Crippen LogP contribution in [0.15, 0.2) is 18.2 Å². The standard InChI is InChI=1S/C13H15NO6S/c1-19-10-4-7(2-3-9(10)20-5-11(15)16)12-14-8(6-21-12)13(17)18/h2-4,8,12,14H,5-6H2,1H3,(H,15,16)(H,17,18)/t8-,12+/m1/s1. The lowest BCUT2D eigenvalue weighted by Crippen LogP contribution is -2.33. The first kappa shape index (κ1) is 15.5. The van der Waals surface area contributed by atoms with Crippen molar-refractivity contribution in [3.63, 3.8) is 0 Å². The van der Waals surface area contributed by atoms with Crippen molar-refractivity contribution in [1.82, 2.24) is 5.32 Å². The lowest BCUT2D eigenvalue weighted by atomic mass is 10.2. The van der Waals surface area contributed by atoms with Crippen molar-refractivity contribution in [2.75, 3.05) is 19.5 Å². The van der Waals surface area contributed by atoms with Gasteiger partial charge in [0.2, 0.25) is 0 Å². The van der Waals surface area contributed by atoms with E-state index in [0.29, 0.717) is 17.3 Å². The Labute approximate surface area is 125 Å². The Kier molecular flexibility index (Phi) is 4.92. The molecular weight excluding hydrogens is 298 g/mol. The summed E-state index contributed by atoms with van der Waals surface area (Å²) < 4.78 is 10.3. The van der Waals surface area contributed by atoms with E-state index in [1.807, 2.05) is 0 Å². The molecule has 7 nitrogen and oxygen atoms in total. The lowest BCUT2D eigenvalue weighted by Gasteiger charge is -2.15. The minimum Gasteiger partial charge on any atom is -0.493 e. The molecule has 3 N–H and O–H groups in total. The zero-order valence-corrected chi connectivity index (χ0v) is 12.1. The van der Waals surface area contributed by atoms with E-state index in [4.69, 9.17) is 19.7 Å². The largest absolute Gasteiger partial charge is 0.493 e. The second-order valence-electron chi connectivity index (χ2n) is 4.36. The topological polar surface area (TPSA) is 105 Å².